The molecule has 0 unspecified atom stereocenters. The molecule has 46 heavy (non-hydrogen) atoms. The minimum atomic E-state index is 1.25. The lowest BCUT2D eigenvalue weighted by atomic mass is 10.0. The molecule has 0 fully saturated rings. The molecule has 1 heteroatoms. The number of unbranched alkanes of at least 4 members (excludes halogenated alkanes) is 37. The molecule has 0 aromatic heterocycles. The van der Waals surface area contributed by atoms with Gasteiger partial charge in [-0.25, -0.2) is 0 Å². The summed E-state index contributed by atoms with van der Waals surface area (Å²) >= 11 is 0. The fourth-order valence-electron chi connectivity index (χ4n) is 7.53. The van der Waals surface area contributed by atoms with Crippen molar-refractivity contribution in [3.05, 3.63) is 0 Å². The predicted molar refractivity (Wildman–Crippen MR) is 213 cm³/mol. The number of nitrogens with zero attached hydrogens (tertiary/aromatic N) is 1. The second kappa shape index (κ2) is 39.4. The van der Waals surface area contributed by atoms with Crippen molar-refractivity contribution in [1.82, 2.24) is 0 Å². The molecule has 0 N–H and O–H groups in total. The Morgan fingerprint density at radius 2 is 0.326 bits per heavy atom. The summed E-state index contributed by atoms with van der Waals surface area (Å²) in [5.74, 6) is 0. The van der Waals surface area contributed by atoms with Crippen molar-refractivity contribution in [1.29, 1.82) is 0 Å². The van der Waals surface area contributed by atoms with Gasteiger partial charge in [-0.15, -0.1) is 0 Å². The van der Waals surface area contributed by atoms with Crippen molar-refractivity contribution in [3.8, 4) is 0 Å². The lowest BCUT2D eigenvalue weighted by molar-refractivity contribution is -0.890. The van der Waals surface area contributed by atoms with Gasteiger partial charge in [0.2, 0.25) is 0 Å². The fourth-order valence-corrected chi connectivity index (χ4v) is 7.53. The maximum atomic E-state index is 2.48. The first kappa shape index (κ1) is 46.0. The Balaban J connectivity index is 3.24. The van der Waals surface area contributed by atoms with Crippen LogP contribution in [0.1, 0.15) is 264 Å². The lowest BCUT2D eigenvalue weighted by Crippen LogP contribution is -2.41. The Bertz CT molecular complexity index is 525. The van der Waals surface area contributed by atoms with Crippen LogP contribution in [0, 0.1) is 0 Å². The Morgan fingerprint density at radius 1 is 0.196 bits per heavy atom. The normalized spacial score (nSPS) is 12.0. The molecule has 0 spiro atoms. The highest BCUT2D eigenvalue weighted by Crippen LogP contribution is 2.17. The lowest BCUT2D eigenvalue weighted by Gasteiger charge is -2.30. The molecule has 1 nitrogen and oxygen atoms in total. The van der Waals surface area contributed by atoms with E-state index in [1.165, 1.54) is 268 Å². The van der Waals surface area contributed by atoms with Gasteiger partial charge in [-0.3, -0.25) is 0 Å². The predicted octanol–water partition coefficient (Wildman–Crippen LogP) is 16.3. The largest absolute Gasteiger partial charge is 0.328 e. The van der Waals surface area contributed by atoms with Crippen LogP contribution in [-0.4, -0.2) is 31.7 Å². The zero-order chi connectivity index (χ0) is 33.5. The van der Waals surface area contributed by atoms with Gasteiger partial charge in [0, 0.05) is 0 Å². The minimum Gasteiger partial charge on any atom is -0.328 e. The monoisotopic (exact) mass is 649 g/mol. The van der Waals surface area contributed by atoms with E-state index in [9.17, 15) is 0 Å². The van der Waals surface area contributed by atoms with Gasteiger partial charge >= 0.3 is 0 Å². The van der Waals surface area contributed by atoms with E-state index in [0.29, 0.717) is 0 Å². The summed E-state index contributed by atoms with van der Waals surface area (Å²) < 4.78 is 1.25. The molecule has 278 valence electrons. The minimum absolute atomic E-state index is 1.25. The summed E-state index contributed by atoms with van der Waals surface area (Å²) in [5, 5.41) is 0. The highest BCUT2D eigenvalue weighted by atomic mass is 15.3. The van der Waals surface area contributed by atoms with Crippen molar-refractivity contribution in [2.24, 2.45) is 0 Å². The average Bonchev–Trinajstić information content (AvgIpc) is 3.05. The Kier molecular flexibility index (Phi) is 39.4. The van der Waals surface area contributed by atoms with Crippen LogP contribution in [0.3, 0.4) is 0 Å². The van der Waals surface area contributed by atoms with Gasteiger partial charge in [-0.05, 0) is 25.7 Å². The molecule has 0 amide bonds. The summed E-state index contributed by atoms with van der Waals surface area (Å²) in [7, 11) is 4.95. The van der Waals surface area contributed by atoms with E-state index in [4.69, 9.17) is 0 Å². The average molecular weight is 649 g/mol. The van der Waals surface area contributed by atoms with Gasteiger partial charge in [0.1, 0.15) is 0 Å². The van der Waals surface area contributed by atoms with Crippen LogP contribution < -0.4 is 0 Å². The molecular weight excluding hydrogens is 555 g/mol. The number of hydrogen-bond acceptors (Lipinski definition) is 0. The molecule has 0 saturated carbocycles. The van der Waals surface area contributed by atoms with E-state index in [2.05, 4.69) is 27.9 Å². The smallest absolute Gasteiger partial charge is 0.0782 e. The first-order valence-electron chi connectivity index (χ1n) is 22.4. The molecule has 0 aliphatic heterocycles. The van der Waals surface area contributed by atoms with Gasteiger partial charge in [0.15, 0.2) is 0 Å². The molecule has 0 aromatic rings. The number of hydrogen-bond donors (Lipinski definition) is 0. The quantitative estimate of drug-likeness (QED) is 0.0457. The summed E-state index contributed by atoms with van der Waals surface area (Å²) in [6.07, 6.45) is 57.4. The van der Waals surface area contributed by atoms with Crippen LogP contribution in [0.4, 0.5) is 0 Å². The van der Waals surface area contributed by atoms with Gasteiger partial charge in [0.05, 0.1) is 27.2 Å². The fraction of sp³-hybridized carbons (Fsp3) is 1.00. The van der Waals surface area contributed by atoms with Gasteiger partial charge < -0.3 is 4.48 Å². The summed E-state index contributed by atoms with van der Waals surface area (Å²) in [5.41, 5.74) is 0. The highest BCUT2D eigenvalue weighted by molar-refractivity contribution is 4.53. The van der Waals surface area contributed by atoms with Crippen LogP contribution in [0.2, 0.25) is 0 Å². The van der Waals surface area contributed by atoms with Crippen LogP contribution in [0.25, 0.3) is 0 Å². The van der Waals surface area contributed by atoms with E-state index in [1.54, 1.807) is 0 Å². The van der Waals surface area contributed by atoms with Gasteiger partial charge in [0.25, 0.3) is 0 Å². The molecule has 0 radical (unpaired) electrons. The zero-order valence-electron chi connectivity index (χ0n) is 33.4. The van der Waals surface area contributed by atoms with Crippen molar-refractivity contribution >= 4 is 0 Å². The SMILES string of the molecule is CCCCCCCCCCCCCCCCCCCCCCC[N+](C)(C)CCCCCCCCCCCCCCCCCCCC. The topological polar surface area (TPSA) is 0 Å². The van der Waals surface area contributed by atoms with E-state index >= 15 is 0 Å². The molecular formula is C45H94N+. The van der Waals surface area contributed by atoms with Gasteiger partial charge in [-0.1, -0.05) is 239 Å². The molecule has 0 bridgehead atoms. The van der Waals surface area contributed by atoms with E-state index in [-0.39, 0.29) is 0 Å². The van der Waals surface area contributed by atoms with Crippen LogP contribution >= 0.6 is 0 Å². The maximum absolute atomic E-state index is 2.48. The Labute approximate surface area is 295 Å². The van der Waals surface area contributed by atoms with Crippen LogP contribution in [-0.2, 0) is 0 Å². The van der Waals surface area contributed by atoms with Crippen molar-refractivity contribution in [3.63, 3.8) is 0 Å². The molecule has 0 rings (SSSR count). The van der Waals surface area contributed by atoms with Crippen molar-refractivity contribution < 1.29 is 4.48 Å². The van der Waals surface area contributed by atoms with E-state index < -0.39 is 0 Å². The maximum Gasteiger partial charge on any atom is 0.0782 e. The summed E-state index contributed by atoms with van der Waals surface area (Å²) in [6.45, 7) is 7.40. The first-order valence-corrected chi connectivity index (χ1v) is 22.4. The second-order valence-corrected chi connectivity index (χ2v) is 16.5. The molecule has 0 aliphatic rings. The van der Waals surface area contributed by atoms with Crippen LogP contribution in [0.5, 0.6) is 0 Å². The zero-order valence-corrected chi connectivity index (χ0v) is 33.4. The Hall–Kier alpha value is -0.0400. The first-order chi connectivity index (χ1) is 22.6. The van der Waals surface area contributed by atoms with Crippen molar-refractivity contribution in [2.45, 2.75) is 264 Å². The Morgan fingerprint density at radius 3 is 0.478 bits per heavy atom. The molecule has 0 atom stereocenters. The number of rotatable bonds is 41. The molecule has 0 aliphatic carbocycles. The standard InChI is InChI=1S/C45H94N/c1-5-7-9-11-13-15-17-19-21-23-25-26-27-29-31-33-35-37-39-41-43-45-46(3,4)44-42-40-38-36-34-32-30-28-24-22-20-18-16-14-12-10-8-6-2/h5-45H2,1-4H3/q+1. The highest BCUT2D eigenvalue weighted by Gasteiger charge is 2.13. The molecule has 0 heterocycles. The molecule has 0 saturated heterocycles. The van der Waals surface area contributed by atoms with Crippen LogP contribution in [0.15, 0.2) is 0 Å². The molecule has 0 aromatic carbocycles. The third kappa shape index (κ3) is 40.1. The van der Waals surface area contributed by atoms with E-state index in [0.717, 1.165) is 0 Å². The number of quaternary nitrogens is 1. The van der Waals surface area contributed by atoms with E-state index in [1.807, 2.05) is 0 Å². The third-order valence-electron chi connectivity index (χ3n) is 11.0. The van der Waals surface area contributed by atoms with Gasteiger partial charge in [-0.2, -0.15) is 0 Å². The van der Waals surface area contributed by atoms with Crippen molar-refractivity contribution in [2.75, 3.05) is 27.2 Å². The summed E-state index contributed by atoms with van der Waals surface area (Å²) in [6, 6.07) is 0. The second-order valence-electron chi connectivity index (χ2n) is 16.5. The summed E-state index contributed by atoms with van der Waals surface area (Å²) in [4.78, 5) is 0. The third-order valence-corrected chi connectivity index (χ3v) is 11.0.